The molecule has 0 aliphatic heterocycles. The number of ether oxygens (including phenoxy) is 2. The summed E-state index contributed by atoms with van der Waals surface area (Å²) in [4.78, 5) is 23.1. The van der Waals surface area contributed by atoms with Crippen molar-refractivity contribution < 1.29 is 18.7 Å². The van der Waals surface area contributed by atoms with Crippen LogP contribution in [-0.4, -0.2) is 19.5 Å². The zero-order valence-corrected chi connectivity index (χ0v) is 12.0. The van der Waals surface area contributed by atoms with Crippen molar-refractivity contribution in [3.8, 4) is 11.5 Å². The van der Waals surface area contributed by atoms with Gasteiger partial charge in [-0.2, -0.15) is 0 Å². The average molecular weight is 288 g/mol. The van der Waals surface area contributed by atoms with Gasteiger partial charge in [0.05, 0.1) is 7.11 Å². The van der Waals surface area contributed by atoms with Crippen LogP contribution in [0.2, 0.25) is 0 Å². The lowest BCUT2D eigenvalue weighted by molar-refractivity contribution is -0.118. The lowest BCUT2D eigenvalue weighted by Crippen LogP contribution is -2.09. The summed E-state index contributed by atoms with van der Waals surface area (Å²) in [5, 5.41) is 0.883. The van der Waals surface area contributed by atoms with Crippen LogP contribution in [0.15, 0.2) is 21.3 Å². The second-order valence-electron chi connectivity index (χ2n) is 5.16. The first kappa shape index (κ1) is 13.7. The topological polar surface area (TPSA) is 65.7 Å². The Labute approximate surface area is 121 Å². The minimum atomic E-state index is -0.308. The minimum absolute atomic E-state index is 0.0446. The molecule has 1 heterocycles. The molecule has 0 bridgehead atoms. The van der Waals surface area contributed by atoms with Gasteiger partial charge in [0.1, 0.15) is 6.61 Å². The zero-order valence-electron chi connectivity index (χ0n) is 12.0. The smallest absolute Gasteiger partial charge is 0.339 e. The predicted octanol–water partition coefficient (Wildman–Crippen LogP) is 2.26. The number of aryl methyl sites for hydroxylation is 1. The van der Waals surface area contributed by atoms with E-state index in [2.05, 4.69) is 0 Å². The van der Waals surface area contributed by atoms with E-state index >= 15 is 0 Å². The van der Waals surface area contributed by atoms with Crippen molar-refractivity contribution in [2.24, 2.45) is 0 Å². The van der Waals surface area contributed by atoms with Crippen molar-refractivity contribution in [3.05, 3.63) is 33.7 Å². The minimum Gasteiger partial charge on any atom is -0.490 e. The maximum absolute atomic E-state index is 12.1. The largest absolute Gasteiger partial charge is 0.490 e. The number of ketones is 1. The summed E-state index contributed by atoms with van der Waals surface area (Å²) < 4.78 is 16.2. The second kappa shape index (κ2) is 5.24. The van der Waals surface area contributed by atoms with E-state index in [1.807, 2.05) is 6.07 Å². The van der Waals surface area contributed by atoms with Crippen molar-refractivity contribution in [2.45, 2.75) is 26.2 Å². The number of Topliss-reactive ketones (excluding diaryl/α,β-unsaturated/α-hetero) is 1. The number of carbonyl (C=O) groups excluding carboxylic acids is 1. The molecule has 0 spiro atoms. The summed E-state index contributed by atoms with van der Waals surface area (Å²) >= 11 is 0. The first-order chi connectivity index (χ1) is 10.1. The van der Waals surface area contributed by atoms with Gasteiger partial charge in [-0.05, 0) is 43.9 Å². The van der Waals surface area contributed by atoms with Crippen LogP contribution in [-0.2, 0) is 17.6 Å². The first-order valence-electron chi connectivity index (χ1n) is 6.89. The highest BCUT2D eigenvalue weighted by atomic mass is 16.5. The number of fused-ring (bicyclic) bond motifs is 3. The Kier molecular flexibility index (Phi) is 3.41. The van der Waals surface area contributed by atoms with Crippen LogP contribution < -0.4 is 15.1 Å². The summed E-state index contributed by atoms with van der Waals surface area (Å²) in [5.41, 5.74) is 1.89. The van der Waals surface area contributed by atoms with Gasteiger partial charge in [0, 0.05) is 10.9 Å². The van der Waals surface area contributed by atoms with E-state index in [0.717, 1.165) is 35.8 Å². The highest BCUT2D eigenvalue weighted by Crippen LogP contribution is 2.38. The van der Waals surface area contributed by atoms with Gasteiger partial charge >= 0.3 is 5.63 Å². The lowest BCUT2D eigenvalue weighted by Gasteiger charge is -2.12. The van der Waals surface area contributed by atoms with Gasteiger partial charge in [0.25, 0.3) is 0 Å². The van der Waals surface area contributed by atoms with Crippen LogP contribution in [0.1, 0.15) is 24.5 Å². The van der Waals surface area contributed by atoms with E-state index in [9.17, 15) is 9.59 Å². The SMILES string of the molecule is COc1c(OCC(C)=O)ccc2c3c(c(=O)oc12)CCC3. The summed E-state index contributed by atoms with van der Waals surface area (Å²) in [7, 11) is 1.49. The second-order valence-corrected chi connectivity index (χ2v) is 5.16. The van der Waals surface area contributed by atoms with Crippen molar-refractivity contribution in [1.29, 1.82) is 0 Å². The Morgan fingerprint density at radius 3 is 2.76 bits per heavy atom. The van der Waals surface area contributed by atoms with Gasteiger partial charge in [-0.25, -0.2) is 4.79 Å². The molecule has 21 heavy (non-hydrogen) atoms. The van der Waals surface area contributed by atoms with Gasteiger partial charge in [0.2, 0.25) is 5.75 Å². The standard InChI is InChI=1S/C16H16O5/c1-9(17)8-20-13-7-6-11-10-4-3-5-12(10)16(18)21-14(11)15(13)19-2/h6-7H,3-5,8H2,1-2H3. The first-order valence-corrected chi connectivity index (χ1v) is 6.89. The molecule has 1 aliphatic carbocycles. The molecule has 5 nitrogen and oxygen atoms in total. The van der Waals surface area contributed by atoms with Crippen LogP contribution in [0.25, 0.3) is 11.0 Å². The normalized spacial score (nSPS) is 13.2. The lowest BCUT2D eigenvalue weighted by atomic mass is 10.1. The van der Waals surface area contributed by atoms with E-state index < -0.39 is 0 Å². The summed E-state index contributed by atoms with van der Waals surface area (Å²) in [5.74, 6) is 0.675. The molecule has 110 valence electrons. The highest BCUT2D eigenvalue weighted by Gasteiger charge is 2.23. The van der Waals surface area contributed by atoms with Crippen LogP contribution >= 0.6 is 0 Å². The molecule has 1 aromatic heterocycles. The number of hydrogen-bond donors (Lipinski definition) is 0. The molecule has 1 aliphatic rings. The maximum atomic E-state index is 12.1. The number of carbonyl (C=O) groups is 1. The third kappa shape index (κ3) is 2.28. The third-order valence-electron chi connectivity index (χ3n) is 3.70. The van der Waals surface area contributed by atoms with Gasteiger partial charge in [0.15, 0.2) is 17.1 Å². The molecule has 0 atom stereocenters. The number of methoxy groups -OCH3 is 1. The summed E-state index contributed by atoms with van der Waals surface area (Å²) in [6, 6.07) is 3.61. The third-order valence-corrected chi connectivity index (χ3v) is 3.70. The van der Waals surface area contributed by atoms with E-state index in [1.165, 1.54) is 14.0 Å². The molecule has 0 amide bonds. The van der Waals surface area contributed by atoms with E-state index in [-0.39, 0.29) is 18.0 Å². The maximum Gasteiger partial charge on any atom is 0.339 e. The molecule has 3 rings (SSSR count). The van der Waals surface area contributed by atoms with Crippen molar-refractivity contribution in [2.75, 3.05) is 13.7 Å². The van der Waals surface area contributed by atoms with Crippen LogP contribution in [0.4, 0.5) is 0 Å². The molecule has 5 heteroatoms. The van der Waals surface area contributed by atoms with E-state index in [4.69, 9.17) is 13.9 Å². The molecule has 0 saturated heterocycles. The molecular weight excluding hydrogens is 272 g/mol. The fraction of sp³-hybridized carbons (Fsp3) is 0.375. The van der Waals surface area contributed by atoms with Crippen LogP contribution in [0.3, 0.4) is 0 Å². The molecule has 0 fully saturated rings. The van der Waals surface area contributed by atoms with Gasteiger partial charge in [-0.15, -0.1) is 0 Å². The number of rotatable bonds is 4. The van der Waals surface area contributed by atoms with Crippen molar-refractivity contribution >= 4 is 16.8 Å². The van der Waals surface area contributed by atoms with Crippen LogP contribution in [0, 0.1) is 0 Å². The van der Waals surface area contributed by atoms with E-state index in [1.54, 1.807) is 6.07 Å². The Morgan fingerprint density at radius 2 is 2.05 bits per heavy atom. The van der Waals surface area contributed by atoms with Gasteiger partial charge in [-0.3, -0.25) is 4.79 Å². The Balaban J connectivity index is 2.20. The summed E-state index contributed by atoms with van der Waals surface area (Å²) in [6.45, 7) is 1.40. The van der Waals surface area contributed by atoms with Crippen molar-refractivity contribution in [1.82, 2.24) is 0 Å². The highest BCUT2D eigenvalue weighted by molar-refractivity contribution is 5.89. The Bertz CT molecular complexity index is 772. The van der Waals surface area contributed by atoms with E-state index in [0.29, 0.717) is 17.1 Å². The molecule has 2 aromatic rings. The summed E-state index contributed by atoms with van der Waals surface area (Å²) in [6.07, 6.45) is 2.59. The fourth-order valence-electron chi connectivity index (χ4n) is 2.79. The molecular formula is C16H16O5. The quantitative estimate of drug-likeness (QED) is 0.807. The Hall–Kier alpha value is -2.30. The zero-order chi connectivity index (χ0) is 15.0. The van der Waals surface area contributed by atoms with Gasteiger partial charge in [-0.1, -0.05) is 0 Å². The predicted molar refractivity (Wildman–Crippen MR) is 77.2 cm³/mol. The van der Waals surface area contributed by atoms with Crippen molar-refractivity contribution in [3.63, 3.8) is 0 Å². The molecule has 0 radical (unpaired) electrons. The van der Waals surface area contributed by atoms with Crippen LogP contribution in [0.5, 0.6) is 11.5 Å². The number of hydrogen-bond acceptors (Lipinski definition) is 5. The Morgan fingerprint density at radius 1 is 1.29 bits per heavy atom. The molecule has 0 saturated carbocycles. The fourth-order valence-corrected chi connectivity index (χ4v) is 2.79. The molecule has 1 aromatic carbocycles. The molecule has 0 unspecified atom stereocenters. The van der Waals surface area contributed by atoms with Gasteiger partial charge < -0.3 is 13.9 Å². The molecule has 0 N–H and O–H groups in total. The monoisotopic (exact) mass is 288 g/mol. The number of benzene rings is 1. The average Bonchev–Trinajstić information content (AvgIpc) is 2.94.